The van der Waals surface area contributed by atoms with Crippen molar-refractivity contribution < 1.29 is 14.3 Å². The Kier molecular flexibility index (Phi) is 7.12. The number of rotatable bonds is 7. The summed E-state index contributed by atoms with van der Waals surface area (Å²) in [6, 6.07) is 26.5. The predicted molar refractivity (Wildman–Crippen MR) is 111 cm³/mol. The zero-order chi connectivity index (χ0) is 20.3. The fourth-order valence-corrected chi connectivity index (χ4v) is 2.50. The summed E-state index contributed by atoms with van der Waals surface area (Å²) in [5.41, 5.74) is 4.94. The van der Waals surface area contributed by atoms with Gasteiger partial charge in [0.15, 0.2) is 0 Å². The van der Waals surface area contributed by atoms with Crippen LogP contribution in [0.2, 0.25) is 0 Å². The van der Waals surface area contributed by atoms with Crippen LogP contribution < -0.4 is 15.5 Å². The molecule has 3 aromatic rings. The molecular weight excluding hydrogens is 366 g/mol. The molecule has 0 saturated heterocycles. The summed E-state index contributed by atoms with van der Waals surface area (Å²) in [6.45, 7) is 0.733. The SMILES string of the molecule is O=C(NCc1ccccc1)C(=O)NN=Cc1cccc(OCc2ccccc2)c1. The zero-order valence-corrected chi connectivity index (χ0v) is 15.7. The van der Waals surface area contributed by atoms with Gasteiger partial charge in [0.1, 0.15) is 12.4 Å². The number of hydrazone groups is 1. The van der Waals surface area contributed by atoms with Crippen LogP contribution >= 0.6 is 0 Å². The van der Waals surface area contributed by atoms with Gasteiger partial charge in [0, 0.05) is 6.54 Å². The van der Waals surface area contributed by atoms with Gasteiger partial charge in [-0.1, -0.05) is 72.8 Å². The molecule has 6 nitrogen and oxygen atoms in total. The lowest BCUT2D eigenvalue weighted by Gasteiger charge is -2.07. The smallest absolute Gasteiger partial charge is 0.329 e. The van der Waals surface area contributed by atoms with Crippen LogP contribution in [0.25, 0.3) is 0 Å². The lowest BCUT2D eigenvalue weighted by molar-refractivity contribution is -0.139. The van der Waals surface area contributed by atoms with E-state index in [1.54, 1.807) is 6.07 Å². The molecule has 0 aromatic heterocycles. The van der Waals surface area contributed by atoms with Crippen LogP contribution in [-0.2, 0) is 22.7 Å². The van der Waals surface area contributed by atoms with Gasteiger partial charge in [0.25, 0.3) is 0 Å². The molecule has 0 spiro atoms. The van der Waals surface area contributed by atoms with Gasteiger partial charge < -0.3 is 10.1 Å². The highest BCUT2D eigenvalue weighted by Crippen LogP contribution is 2.14. The van der Waals surface area contributed by atoms with Crippen molar-refractivity contribution in [2.75, 3.05) is 0 Å². The van der Waals surface area contributed by atoms with E-state index in [9.17, 15) is 9.59 Å². The molecule has 0 atom stereocenters. The number of amides is 2. The average Bonchev–Trinajstić information content (AvgIpc) is 2.77. The first-order valence-electron chi connectivity index (χ1n) is 9.12. The maximum absolute atomic E-state index is 11.8. The highest BCUT2D eigenvalue weighted by molar-refractivity contribution is 6.35. The topological polar surface area (TPSA) is 79.8 Å². The van der Waals surface area contributed by atoms with Crippen LogP contribution in [0.15, 0.2) is 90.0 Å². The number of carbonyl (C=O) groups is 2. The molecule has 0 aliphatic carbocycles. The van der Waals surface area contributed by atoms with Crippen LogP contribution in [0.3, 0.4) is 0 Å². The molecule has 2 N–H and O–H groups in total. The van der Waals surface area contributed by atoms with E-state index in [4.69, 9.17) is 4.74 Å². The third kappa shape index (κ3) is 6.62. The highest BCUT2D eigenvalue weighted by atomic mass is 16.5. The van der Waals surface area contributed by atoms with Crippen LogP contribution in [0, 0.1) is 0 Å². The number of ether oxygens (including phenoxy) is 1. The molecule has 0 unspecified atom stereocenters. The average molecular weight is 387 g/mol. The monoisotopic (exact) mass is 387 g/mol. The number of carbonyl (C=O) groups excluding carboxylic acids is 2. The summed E-state index contributed by atoms with van der Waals surface area (Å²) in [4.78, 5) is 23.6. The second-order valence-electron chi connectivity index (χ2n) is 6.21. The van der Waals surface area contributed by atoms with E-state index in [-0.39, 0.29) is 6.54 Å². The normalized spacial score (nSPS) is 10.5. The summed E-state index contributed by atoms with van der Waals surface area (Å²) >= 11 is 0. The van der Waals surface area contributed by atoms with Crippen LogP contribution in [0.4, 0.5) is 0 Å². The summed E-state index contributed by atoms with van der Waals surface area (Å²) in [7, 11) is 0. The lowest BCUT2D eigenvalue weighted by atomic mass is 10.2. The van der Waals surface area contributed by atoms with Gasteiger partial charge in [-0.3, -0.25) is 9.59 Å². The predicted octanol–water partition coefficient (Wildman–Crippen LogP) is 3.03. The minimum absolute atomic E-state index is 0.275. The minimum Gasteiger partial charge on any atom is -0.489 e. The van der Waals surface area contributed by atoms with Crippen molar-refractivity contribution in [3.8, 4) is 5.75 Å². The first kappa shape index (κ1) is 19.8. The van der Waals surface area contributed by atoms with Crippen molar-refractivity contribution in [3.05, 3.63) is 102 Å². The second-order valence-corrected chi connectivity index (χ2v) is 6.21. The molecular formula is C23H21N3O3. The Morgan fingerprint density at radius 1 is 0.828 bits per heavy atom. The number of benzene rings is 3. The van der Waals surface area contributed by atoms with Crippen molar-refractivity contribution in [1.82, 2.24) is 10.7 Å². The molecule has 0 aliphatic rings. The van der Waals surface area contributed by atoms with Gasteiger partial charge in [-0.05, 0) is 28.8 Å². The Morgan fingerprint density at radius 2 is 1.52 bits per heavy atom. The summed E-state index contributed by atoms with van der Waals surface area (Å²) in [5.74, 6) is -0.885. The number of hydrogen-bond donors (Lipinski definition) is 2. The van der Waals surface area contributed by atoms with Gasteiger partial charge in [0.2, 0.25) is 0 Å². The Bertz CT molecular complexity index is 973. The third-order valence-corrected chi connectivity index (χ3v) is 3.99. The van der Waals surface area contributed by atoms with Crippen LogP contribution in [0.1, 0.15) is 16.7 Å². The van der Waals surface area contributed by atoms with Gasteiger partial charge in [-0.2, -0.15) is 5.10 Å². The molecule has 0 fully saturated rings. The van der Waals surface area contributed by atoms with Crippen molar-refractivity contribution >= 4 is 18.0 Å². The first-order chi connectivity index (χ1) is 14.2. The Balaban J connectivity index is 1.46. The molecule has 0 heterocycles. The molecule has 0 aliphatic heterocycles. The van der Waals surface area contributed by atoms with Crippen molar-refractivity contribution in [3.63, 3.8) is 0 Å². The summed E-state index contributed by atoms with van der Waals surface area (Å²) in [6.07, 6.45) is 1.46. The van der Waals surface area contributed by atoms with E-state index in [1.165, 1.54) is 6.21 Å². The maximum Gasteiger partial charge on any atom is 0.329 e. The standard InChI is InChI=1S/C23H21N3O3/c27-22(24-15-18-8-3-1-4-9-18)23(28)26-25-16-20-12-7-13-21(14-20)29-17-19-10-5-2-6-11-19/h1-14,16H,15,17H2,(H,24,27)(H,26,28). The fourth-order valence-electron chi connectivity index (χ4n) is 2.50. The lowest BCUT2D eigenvalue weighted by Crippen LogP contribution is -2.37. The Labute approximate surface area is 169 Å². The molecule has 0 radical (unpaired) electrons. The van der Waals surface area contributed by atoms with Crippen molar-refractivity contribution in [2.45, 2.75) is 13.2 Å². The molecule has 6 heteroatoms. The zero-order valence-electron chi connectivity index (χ0n) is 15.7. The van der Waals surface area contributed by atoms with Gasteiger partial charge in [0.05, 0.1) is 6.21 Å². The summed E-state index contributed by atoms with van der Waals surface area (Å²) in [5, 5.41) is 6.38. The van der Waals surface area contributed by atoms with E-state index < -0.39 is 11.8 Å². The van der Waals surface area contributed by atoms with Crippen molar-refractivity contribution in [2.24, 2.45) is 5.10 Å². The Hall–Kier alpha value is -3.93. The number of nitrogens with one attached hydrogen (secondary N) is 2. The first-order valence-corrected chi connectivity index (χ1v) is 9.12. The largest absolute Gasteiger partial charge is 0.489 e. The van der Waals surface area contributed by atoms with E-state index in [2.05, 4.69) is 15.8 Å². The second kappa shape index (κ2) is 10.4. The molecule has 3 rings (SSSR count). The Morgan fingerprint density at radius 3 is 2.24 bits per heavy atom. The molecule has 146 valence electrons. The molecule has 3 aromatic carbocycles. The van der Waals surface area contributed by atoms with E-state index in [0.717, 1.165) is 16.7 Å². The maximum atomic E-state index is 11.8. The number of nitrogens with zero attached hydrogens (tertiary/aromatic N) is 1. The van der Waals surface area contributed by atoms with Gasteiger partial charge in [-0.25, -0.2) is 5.43 Å². The minimum atomic E-state index is -0.825. The molecule has 2 amide bonds. The molecule has 0 bridgehead atoms. The van der Waals surface area contributed by atoms with Gasteiger partial charge in [-0.15, -0.1) is 0 Å². The summed E-state index contributed by atoms with van der Waals surface area (Å²) < 4.78 is 5.76. The van der Waals surface area contributed by atoms with E-state index >= 15 is 0 Å². The van der Waals surface area contributed by atoms with Crippen LogP contribution in [-0.4, -0.2) is 18.0 Å². The third-order valence-electron chi connectivity index (χ3n) is 3.99. The van der Waals surface area contributed by atoms with E-state index in [0.29, 0.717) is 12.4 Å². The fraction of sp³-hybridized carbons (Fsp3) is 0.0870. The molecule has 0 saturated carbocycles. The van der Waals surface area contributed by atoms with Crippen molar-refractivity contribution in [1.29, 1.82) is 0 Å². The number of hydrogen-bond acceptors (Lipinski definition) is 4. The highest BCUT2D eigenvalue weighted by Gasteiger charge is 2.11. The quantitative estimate of drug-likeness (QED) is 0.372. The van der Waals surface area contributed by atoms with Gasteiger partial charge >= 0.3 is 11.8 Å². The van der Waals surface area contributed by atoms with E-state index in [1.807, 2.05) is 78.9 Å². The van der Waals surface area contributed by atoms with Crippen LogP contribution in [0.5, 0.6) is 5.75 Å². The molecule has 29 heavy (non-hydrogen) atoms.